The molecule has 1 fully saturated rings. The number of hydrogen-bond donors (Lipinski definition) is 1. The summed E-state index contributed by atoms with van der Waals surface area (Å²) in [6, 6.07) is 14.1. The first-order valence-electron chi connectivity index (χ1n) is 10.2. The normalized spacial score (nSPS) is 15.7. The summed E-state index contributed by atoms with van der Waals surface area (Å²) in [5.74, 6) is 0.538. The van der Waals surface area contributed by atoms with Gasteiger partial charge < -0.3 is 10.1 Å². The fourth-order valence-corrected chi connectivity index (χ4v) is 5.02. The number of benzene rings is 2. The summed E-state index contributed by atoms with van der Waals surface area (Å²) in [5, 5.41) is 3.38. The van der Waals surface area contributed by atoms with E-state index in [1.54, 1.807) is 12.1 Å². The number of nitrogens with one attached hydrogen (secondary N) is 1. The molecule has 1 heterocycles. The molecule has 0 atom stereocenters. The largest absolute Gasteiger partial charge is 0.492 e. The molecule has 0 aliphatic carbocycles. The molecule has 0 radical (unpaired) electrons. The van der Waals surface area contributed by atoms with E-state index in [-0.39, 0.29) is 16.7 Å². The van der Waals surface area contributed by atoms with Gasteiger partial charge in [0.15, 0.2) is 0 Å². The molecule has 2 aromatic carbocycles. The van der Waals surface area contributed by atoms with E-state index in [1.165, 1.54) is 22.0 Å². The van der Waals surface area contributed by atoms with Crippen LogP contribution in [0.3, 0.4) is 0 Å². The Morgan fingerprint density at radius 1 is 1.10 bits per heavy atom. The molecule has 3 rings (SSSR count). The minimum atomic E-state index is -3.56. The third kappa shape index (κ3) is 5.74. The fraction of sp³-hybridized carbons (Fsp3) is 0.409. The number of hydrogen-bond acceptors (Lipinski definition) is 4. The number of nitrogens with zero attached hydrogens (tertiary/aromatic N) is 1. The van der Waals surface area contributed by atoms with Crippen LogP contribution in [0.4, 0.5) is 0 Å². The Bertz CT molecular complexity index is 938. The van der Waals surface area contributed by atoms with E-state index < -0.39 is 10.0 Å². The molecule has 30 heavy (non-hydrogen) atoms. The van der Waals surface area contributed by atoms with Gasteiger partial charge in [0.25, 0.3) is 0 Å². The standard InChI is InChI=1S/C22H27ClN2O4S/c1-2-17-3-7-20(8-4-17)29-16-13-24-22(26)18-11-14-25(15-12-18)30(27,28)21-9-5-19(23)6-10-21/h3-10,18H,2,11-16H2,1H3,(H,24,26). The van der Waals surface area contributed by atoms with Crippen LogP contribution in [0.2, 0.25) is 5.02 Å². The van der Waals surface area contributed by atoms with E-state index in [0.717, 1.165) is 12.2 Å². The van der Waals surface area contributed by atoms with Gasteiger partial charge in [-0.05, 0) is 61.2 Å². The highest BCUT2D eigenvalue weighted by atomic mass is 35.5. The van der Waals surface area contributed by atoms with Crippen LogP contribution in [0, 0.1) is 5.92 Å². The van der Waals surface area contributed by atoms with Crippen LogP contribution >= 0.6 is 11.6 Å². The van der Waals surface area contributed by atoms with Gasteiger partial charge in [-0.3, -0.25) is 4.79 Å². The van der Waals surface area contributed by atoms with Gasteiger partial charge in [0, 0.05) is 24.0 Å². The van der Waals surface area contributed by atoms with Crippen molar-refractivity contribution in [1.29, 1.82) is 0 Å². The summed E-state index contributed by atoms with van der Waals surface area (Å²) in [7, 11) is -3.56. The fourth-order valence-electron chi connectivity index (χ4n) is 3.42. The van der Waals surface area contributed by atoms with Gasteiger partial charge in [0.2, 0.25) is 15.9 Å². The van der Waals surface area contributed by atoms with Gasteiger partial charge in [-0.25, -0.2) is 8.42 Å². The molecule has 6 nitrogen and oxygen atoms in total. The van der Waals surface area contributed by atoms with Crippen LogP contribution in [0.1, 0.15) is 25.3 Å². The van der Waals surface area contributed by atoms with Gasteiger partial charge in [-0.2, -0.15) is 4.31 Å². The third-order valence-electron chi connectivity index (χ3n) is 5.28. The van der Waals surface area contributed by atoms with Crippen molar-refractivity contribution >= 4 is 27.5 Å². The Kier molecular flexibility index (Phi) is 7.75. The molecule has 162 valence electrons. The van der Waals surface area contributed by atoms with Crippen molar-refractivity contribution in [3.05, 3.63) is 59.1 Å². The highest BCUT2D eigenvalue weighted by Crippen LogP contribution is 2.24. The molecule has 1 amide bonds. The van der Waals surface area contributed by atoms with Gasteiger partial charge in [-0.1, -0.05) is 30.7 Å². The molecule has 0 unspecified atom stereocenters. The number of rotatable bonds is 8. The zero-order valence-electron chi connectivity index (χ0n) is 17.0. The lowest BCUT2D eigenvalue weighted by atomic mass is 9.97. The van der Waals surface area contributed by atoms with Gasteiger partial charge in [0.1, 0.15) is 12.4 Å². The average molecular weight is 451 g/mol. The zero-order chi connectivity index (χ0) is 21.6. The summed E-state index contributed by atoms with van der Waals surface area (Å²) in [6.07, 6.45) is 1.98. The molecular formula is C22H27ClN2O4S. The molecule has 1 N–H and O–H groups in total. The van der Waals surface area contributed by atoms with Gasteiger partial charge >= 0.3 is 0 Å². The maximum absolute atomic E-state index is 12.7. The number of halogens is 1. The Morgan fingerprint density at radius 2 is 1.73 bits per heavy atom. The first kappa shape index (κ1) is 22.6. The van der Waals surface area contributed by atoms with Crippen LogP contribution in [-0.4, -0.2) is 44.9 Å². The quantitative estimate of drug-likeness (QED) is 0.624. The Hall–Kier alpha value is -2.09. The smallest absolute Gasteiger partial charge is 0.243 e. The molecule has 1 aliphatic heterocycles. The number of amides is 1. The number of aryl methyl sites for hydroxylation is 1. The van der Waals surface area contributed by atoms with Crippen molar-refractivity contribution in [2.24, 2.45) is 5.92 Å². The molecule has 2 aromatic rings. The monoisotopic (exact) mass is 450 g/mol. The number of ether oxygens (including phenoxy) is 1. The van der Waals surface area contributed by atoms with Crippen LogP contribution in [0.25, 0.3) is 0 Å². The van der Waals surface area contributed by atoms with Crippen molar-refractivity contribution in [1.82, 2.24) is 9.62 Å². The van der Waals surface area contributed by atoms with Crippen molar-refractivity contribution in [3.63, 3.8) is 0 Å². The lowest BCUT2D eigenvalue weighted by Gasteiger charge is -2.30. The predicted molar refractivity (Wildman–Crippen MR) is 117 cm³/mol. The number of carbonyl (C=O) groups excluding carboxylic acids is 1. The Labute approximate surface area is 183 Å². The molecule has 8 heteroatoms. The Balaban J connectivity index is 1.42. The molecule has 0 saturated carbocycles. The van der Waals surface area contributed by atoms with Crippen molar-refractivity contribution in [3.8, 4) is 5.75 Å². The second kappa shape index (κ2) is 10.3. The van der Waals surface area contributed by atoms with Crippen LogP contribution in [0.15, 0.2) is 53.4 Å². The van der Waals surface area contributed by atoms with E-state index in [2.05, 4.69) is 12.2 Å². The maximum Gasteiger partial charge on any atom is 0.243 e. The SMILES string of the molecule is CCc1ccc(OCCNC(=O)C2CCN(S(=O)(=O)c3ccc(Cl)cc3)CC2)cc1. The lowest BCUT2D eigenvalue weighted by molar-refractivity contribution is -0.126. The predicted octanol–water partition coefficient (Wildman–Crippen LogP) is 3.50. The van der Waals surface area contributed by atoms with Crippen LogP contribution < -0.4 is 10.1 Å². The van der Waals surface area contributed by atoms with E-state index in [9.17, 15) is 13.2 Å². The van der Waals surface area contributed by atoms with Crippen molar-refractivity contribution in [2.45, 2.75) is 31.1 Å². The molecular weight excluding hydrogens is 424 g/mol. The summed E-state index contributed by atoms with van der Waals surface area (Å²) in [6.45, 7) is 3.55. The van der Waals surface area contributed by atoms with Crippen LogP contribution in [0.5, 0.6) is 5.75 Å². The van der Waals surface area contributed by atoms with E-state index in [1.807, 2.05) is 24.3 Å². The second-order valence-corrected chi connectivity index (χ2v) is 9.64. The number of sulfonamides is 1. The second-order valence-electron chi connectivity index (χ2n) is 7.27. The van der Waals surface area contributed by atoms with E-state index >= 15 is 0 Å². The van der Waals surface area contributed by atoms with E-state index in [0.29, 0.717) is 44.1 Å². The minimum Gasteiger partial charge on any atom is -0.492 e. The third-order valence-corrected chi connectivity index (χ3v) is 7.44. The van der Waals surface area contributed by atoms with Crippen molar-refractivity contribution < 1.29 is 17.9 Å². The molecule has 0 spiro atoms. The molecule has 0 aromatic heterocycles. The first-order chi connectivity index (χ1) is 14.4. The van der Waals surface area contributed by atoms with Crippen LogP contribution in [-0.2, 0) is 21.2 Å². The summed E-state index contributed by atoms with van der Waals surface area (Å²) in [5.41, 5.74) is 1.25. The Morgan fingerprint density at radius 3 is 2.33 bits per heavy atom. The summed E-state index contributed by atoms with van der Waals surface area (Å²) in [4.78, 5) is 12.6. The highest BCUT2D eigenvalue weighted by molar-refractivity contribution is 7.89. The maximum atomic E-state index is 12.7. The van der Waals surface area contributed by atoms with Gasteiger partial charge in [-0.15, -0.1) is 0 Å². The average Bonchev–Trinajstić information content (AvgIpc) is 2.77. The van der Waals surface area contributed by atoms with Crippen molar-refractivity contribution in [2.75, 3.05) is 26.2 Å². The topological polar surface area (TPSA) is 75.7 Å². The number of piperidine rings is 1. The zero-order valence-corrected chi connectivity index (χ0v) is 18.6. The molecule has 0 bridgehead atoms. The highest BCUT2D eigenvalue weighted by Gasteiger charge is 2.31. The van der Waals surface area contributed by atoms with E-state index in [4.69, 9.17) is 16.3 Å². The molecule has 1 saturated heterocycles. The lowest BCUT2D eigenvalue weighted by Crippen LogP contribution is -2.43. The number of carbonyl (C=O) groups is 1. The first-order valence-corrected chi connectivity index (χ1v) is 12.0. The molecule has 1 aliphatic rings. The summed E-state index contributed by atoms with van der Waals surface area (Å²) >= 11 is 5.84. The minimum absolute atomic E-state index is 0.0523. The van der Waals surface area contributed by atoms with Gasteiger partial charge in [0.05, 0.1) is 11.4 Å². The summed E-state index contributed by atoms with van der Waals surface area (Å²) < 4.78 is 32.5.